The Morgan fingerprint density at radius 1 is 1.19 bits per heavy atom. The summed E-state index contributed by atoms with van der Waals surface area (Å²) in [5.41, 5.74) is 0.431. The van der Waals surface area contributed by atoms with Gasteiger partial charge in [-0.25, -0.2) is 8.42 Å². The largest absolute Gasteiger partial charge is 0.373 e. The minimum absolute atomic E-state index is 0.131. The molecule has 116 valence electrons. The van der Waals surface area contributed by atoms with E-state index in [1.54, 1.807) is 0 Å². The molecule has 1 amide bonds. The number of benzene rings is 1. The Morgan fingerprint density at radius 3 is 2.19 bits per heavy atom. The molecule has 0 aliphatic carbocycles. The van der Waals surface area contributed by atoms with E-state index in [0.29, 0.717) is 18.7 Å². The Kier molecular flexibility index (Phi) is 4.65. The first kappa shape index (κ1) is 15.9. The molecule has 1 saturated heterocycles. The van der Waals surface area contributed by atoms with Crippen molar-refractivity contribution >= 4 is 15.9 Å². The van der Waals surface area contributed by atoms with E-state index in [2.05, 4.69) is 5.32 Å². The minimum Gasteiger partial charge on any atom is -0.373 e. The molecule has 6 nitrogen and oxygen atoms in total. The Bertz CT molecular complexity index is 602. The summed E-state index contributed by atoms with van der Waals surface area (Å²) >= 11 is 0. The van der Waals surface area contributed by atoms with Crippen LogP contribution in [0.4, 0.5) is 0 Å². The summed E-state index contributed by atoms with van der Waals surface area (Å²) in [5.74, 6) is -0.243. The fourth-order valence-electron chi connectivity index (χ4n) is 2.40. The topological polar surface area (TPSA) is 75.7 Å². The van der Waals surface area contributed by atoms with Gasteiger partial charge in [0.25, 0.3) is 5.91 Å². The van der Waals surface area contributed by atoms with Crippen molar-refractivity contribution < 1.29 is 17.9 Å². The quantitative estimate of drug-likeness (QED) is 0.897. The van der Waals surface area contributed by atoms with Gasteiger partial charge in [-0.05, 0) is 38.1 Å². The molecular weight excluding hydrogens is 292 g/mol. The average molecular weight is 312 g/mol. The Hall–Kier alpha value is -1.44. The second kappa shape index (κ2) is 6.13. The first-order chi connectivity index (χ1) is 9.84. The molecule has 1 aromatic rings. The van der Waals surface area contributed by atoms with Crippen LogP contribution >= 0.6 is 0 Å². The SMILES string of the molecule is CNC(=O)c1ccc(S(=O)(=O)N2C[C@H](C)O[C@@H](C)C2)cc1. The van der Waals surface area contributed by atoms with Gasteiger partial charge < -0.3 is 10.1 Å². The summed E-state index contributed by atoms with van der Waals surface area (Å²) in [7, 11) is -2.02. The molecule has 1 heterocycles. The summed E-state index contributed by atoms with van der Waals surface area (Å²) < 4.78 is 32.2. The highest BCUT2D eigenvalue weighted by Crippen LogP contribution is 2.21. The van der Waals surface area contributed by atoms with Gasteiger partial charge in [0.05, 0.1) is 17.1 Å². The molecule has 1 aliphatic rings. The molecule has 0 unspecified atom stereocenters. The van der Waals surface area contributed by atoms with Gasteiger partial charge in [0, 0.05) is 25.7 Å². The van der Waals surface area contributed by atoms with Crippen molar-refractivity contribution in [3.05, 3.63) is 29.8 Å². The number of carbonyl (C=O) groups is 1. The van der Waals surface area contributed by atoms with Crippen molar-refractivity contribution in [2.45, 2.75) is 31.0 Å². The third-order valence-electron chi connectivity index (χ3n) is 3.37. The van der Waals surface area contributed by atoms with E-state index in [-0.39, 0.29) is 23.0 Å². The van der Waals surface area contributed by atoms with E-state index >= 15 is 0 Å². The standard InChI is InChI=1S/C14H20N2O4S/c1-10-8-16(9-11(2)20-10)21(18,19)13-6-4-12(5-7-13)14(17)15-3/h4-7,10-11H,8-9H2,1-3H3,(H,15,17)/t10-,11-/m0/s1. The molecule has 2 atom stereocenters. The van der Waals surface area contributed by atoms with Gasteiger partial charge in [-0.2, -0.15) is 4.31 Å². The first-order valence-corrected chi connectivity index (χ1v) is 8.26. The number of morpholine rings is 1. The van der Waals surface area contributed by atoms with E-state index in [1.807, 2.05) is 13.8 Å². The van der Waals surface area contributed by atoms with Crippen LogP contribution in [0.1, 0.15) is 24.2 Å². The van der Waals surface area contributed by atoms with Crippen LogP contribution in [0, 0.1) is 0 Å². The number of amides is 1. The smallest absolute Gasteiger partial charge is 0.251 e. The van der Waals surface area contributed by atoms with Crippen LogP contribution in [0.5, 0.6) is 0 Å². The molecule has 0 radical (unpaired) electrons. The van der Waals surface area contributed by atoms with Crippen LogP contribution in [-0.4, -0.2) is 51.0 Å². The van der Waals surface area contributed by atoms with Gasteiger partial charge >= 0.3 is 0 Å². The summed E-state index contributed by atoms with van der Waals surface area (Å²) in [5, 5.41) is 2.50. The summed E-state index contributed by atoms with van der Waals surface area (Å²) in [6.45, 7) is 4.38. The van der Waals surface area contributed by atoms with Crippen LogP contribution in [0.2, 0.25) is 0 Å². The van der Waals surface area contributed by atoms with Crippen LogP contribution in [0.25, 0.3) is 0 Å². The number of hydrogen-bond donors (Lipinski definition) is 1. The fraction of sp³-hybridized carbons (Fsp3) is 0.500. The van der Waals surface area contributed by atoms with Crippen molar-refractivity contribution in [1.82, 2.24) is 9.62 Å². The van der Waals surface area contributed by atoms with E-state index in [0.717, 1.165) is 0 Å². The monoisotopic (exact) mass is 312 g/mol. The molecule has 21 heavy (non-hydrogen) atoms. The maximum atomic E-state index is 12.6. The zero-order valence-corrected chi connectivity index (χ0v) is 13.2. The van der Waals surface area contributed by atoms with E-state index < -0.39 is 10.0 Å². The molecule has 7 heteroatoms. The molecule has 1 N–H and O–H groups in total. The summed E-state index contributed by atoms with van der Waals surface area (Å²) in [6, 6.07) is 5.95. The van der Waals surface area contributed by atoms with E-state index in [9.17, 15) is 13.2 Å². The van der Waals surface area contributed by atoms with Gasteiger partial charge in [-0.1, -0.05) is 0 Å². The second-order valence-electron chi connectivity index (χ2n) is 5.18. The van der Waals surface area contributed by atoms with Gasteiger partial charge in [0.1, 0.15) is 0 Å². The molecule has 1 fully saturated rings. The van der Waals surface area contributed by atoms with Crippen molar-refractivity contribution in [3.63, 3.8) is 0 Å². The lowest BCUT2D eigenvalue weighted by molar-refractivity contribution is -0.0440. The minimum atomic E-state index is -3.56. The third kappa shape index (κ3) is 3.42. The normalized spacial score (nSPS) is 23.8. The first-order valence-electron chi connectivity index (χ1n) is 6.82. The Balaban J connectivity index is 2.25. The maximum absolute atomic E-state index is 12.6. The van der Waals surface area contributed by atoms with Gasteiger partial charge in [0.2, 0.25) is 10.0 Å². The third-order valence-corrected chi connectivity index (χ3v) is 5.21. The van der Waals surface area contributed by atoms with E-state index in [1.165, 1.54) is 35.6 Å². The van der Waals surface area contributed by atoms with Crippen LogP contribution < -0.4 is 5.32 Å². The molecule has 0 saturated carbocycles. The molecule has 0 spiro atoms. The molecule has 0 aromatic heterocycles. The summed E-state index contributed by atoms with van der Waals surface area (Å²) in [6.07, 6.45) is -0.262. The van der Waals surface area contributed by atoms with Crippen LogP contribution in [-0.2, 0) is 14.8 Å². The molecule has 0 bridgehead atoms. The molecule has 1 aliphatic heterocycles. The van der Waals surface area contributed by atoms with Crippen molar-refractivity contribution in [3.8, 4) is 0 Å². The number of sulfonamides is 1. The average Bonchev–Trinajstić information content (AvgIpc) is 2.45. The van der Waals surface area contributed by atoms with Crippen molar-refractivity contribution in [2.24, 2.45) is 0 Å². The highest BCUT2D eigenvalue weighted by atomic mass is 32.2. The van der Waals surface area contributed by atoms with Crippen molar-refractivity contribution in [2.75, 3.05) is 20.1 Å². The predicted molar refractivity (Wildman–Crippen MR) is 78.6 cm³/mol. The van der Waals surface area contributed by atoms with Crippen molar-refractivity contribution in [1.29, 1.82) is 0 Å². The van der Waals surface area contributed by atoms with Gasteiger partial charge in [0.15, 0.2) is 0 Å². The zero-order chi connectivity index (χ0) is 15.6. The lowest BCUT2D eigenvalue weighted by atomic mass is 10.2. The number of nitrogens with one attached hydrogen (secondary N) is 1. The second-order valence-corrected chi connectivity index (χ2v) is 7.12. The lowest BCUT2D eigenvalue weighted by Crippen LogP contribution is -2.48. The zero-order valence-electron chi connectivity index (χ0n) is 12.4. The Labute approximate surface area is 125 Å². The number of carbonyl (C=O) groups excluding carboxylic acids is 1. The van der Waals surface area contributed by atoms with Gasteiger partial charge in [-0.15, -0.1) is 0 Å². The Morgan fingerprint density at radius 2 is 1.71 bits per heavy atom. The predicted octanol–water partition coefficient (Wildman–Crippen LogP) is 0.844. The molecular formula is C14H20N2O4S. The summed E-state index contributed by atoms with van der Waals surface area (Å²) in [4.78, 5) is 11.7. The number of rotatable bonds is 3. The van der Waals surface area contributed by atoms with Crippen LogP contribution in [0.15, 0.2) is 29.2 Å². The lowest BCUT2D eigenvalue weighted by Gasteiger charge is -2.34. The molecule has 1 aromatic carbocycles. The van der Waals surface area contributed by atoms with E-state index in [4.69, 9.17) is 4.74 Å². The maximum Gasteiger partial charge on any atom is 0.251 e. The molecule has 2 rings (SSSR count). The highest BCUT2D eigenvalue weighted by molar-refractivity contribution is 7.89. The number of ether oxygens (including phenoxy) is 1. The van der Waals surface area contributed by atoms with Gasteiger partial charge in [-0.3, -0.25) is 4.79 Å². The van der Waals surface area contributed by atoms with Crippen LogP contribution in [0.3, 0.4) is 0 Å². The number of hydrogen-bond acceptors (Lipinski definition) is 4. The fourth-order valence-corrected chi connectivity index (χ4v) is 3.99. The number of nitrogens with zero attached hydrogens (tertiary/aromatic N) is 1. The highest BCUT2D eigenvalue weighted by Gasteiger charge is 2.32.